The van der Waals surface area contributed by atoms with E-state index in [4.69, 9.17) is 0 Å². The first-order valence-electron chi connectivity index (χ1n) is 7.27. The Kier molecular flexibility index (Phi) is 2.62. The van der Waals surface area contributed by atoms with Gasteiger partial charge in [0.05, 0.1) is 0 Å². The molecule has 2 aromatic rings. The van der Waals surface area contributed by atoms with Gasteiger partial charge in [-0.15, -0.1) is 0 Å². The molecule has 1 N–H and O–H groups in total. The summed E-state index contributed by atoms with van der Waals surface area (Å²) in [5.41, 5.74) is 0.903. The lowest BCUT2D eigenvalue weighted by Gasteiger charge is -2.17. The van der Waals surface area contributed by atoms with Crippen LogP contribution in [0.2, 0.25) is 0 Å². The molecule has 0 saturated heterocycles. The summed E-state index contributed by atoms with van der Waals surface area (Å²) in [6.45, 7) is 0. The van der Waals surface area contributed by atoms with Gasteiger partial charge in [-0.05, 0) is 47.6 Å². The van der Waals surface area contributed by atoms with Gasteiger partial charge in [0, 0.05) is 11.6 Å². The third kappa shape index (κ3) is 1.92. The molecule has 0 spiro atoms. The Morgan fingerprint density at radius 2 is 1.85 bits per heavy atom. The highest BCUT2D eigenvalue weighted by Crippen LogP contribution is 2.43. The van der Waals surface area contributed by atoms with Crippen LogP contribution < -0.4 is 5.32 Å². The zero-order valence-electron chi connectivity index (χ0n) is 11.3. The number of carbonyl (C=O) groups excluding carboxylic acids is 1. The van der Waals surface area contributed by atoms with E-state index in [1.165, 1.54) is 5.39 Å². The van der Waals surface area contributed by atoms with E-state index in [2.05, 4.69) is 41.7 Å². The fourth-order valence-electron chi connectivity index (χ4n) is 3.58. The van der Waals surface area contributed by atoms with Crippen LogP contribution in [-0.4, -0.2) is 5.91 Å². The van der Waals surface area contributed by atoms with Gasteiger partial charge in [-0.25, -0.2) is 0 Å². The minimum Gasteiger partial charge on any atom is -0.326 e. The molecular weight excluding hydrogens is 246 g/mol. The van der Waals surface area contributed by atoms with Gasteiger partial charge in [-0.1, -0.05) is 42.5 Å². The average Bonchev–Trinajstić information content (AvgIpc) is 3.10. The second kappa shape index (κ2) is 4.48. The molecule has 1 saturated carbocycles. The van der Waals surface area contributed by atoms with E-state index in [1.807, 2.05) is 18.2 Å². The van der Waals surface area contributed by atoms with E-state index in [9.17, 15) is 4.79 Å². The molecular formula is C18H17NO. The highest BCUT2D eigenvalue weighted by molar-refractivity contribution is 5.96. The normalized spacial score (nSPS) is 27.1. The summed E-state index contributed by atoms with van der Waals surface area (Å²) < 4.78 is 0. The van der Waals surface area contributed by atoms with Gasteiger partial charge < -0.3 is 5.32 Å². The predicted octanol–water partition coefficient (Wildman–Crippen LogP) is 3.99. The summed E-state index contributed by atoms with van der Waals surface area (Å²) in [4.78, 5) is 12.4. The summed E-state index contributed by atoms with van der Waals surface area (Å²) >= 11 is 0. The fraction of sp³-hybridized carbons (Fsp3) is 0.278. The van der Waals surface area contributed by atoms with Crippen molar-refractivity contribution < 1.29 is 4.79 Å². The van der Waals surface area contributed by atoms with Crippen molar-refractivity contribution in [3.05, 3.63) is 54.6 Å². The lowest BCUT2D eigenvalue weighted by Crippen LogP contribution is -2.25. The highest BCUT2D eigenvalue weighted by atomic mass is 16.1. The van der Waals surface area contributed by atoms with Crippen molar-refractivity contribution in [2.45, 2.75) is 12.8 Å². The number of hydrogen-bond donors (Lipinski definition) is 1. The number of hydrogen-bond acceptors (Lipinski definition) is 1. The van der Waals surface area contributed by atoms with E-state index in [-0.39, 0.29) is 11.8 Å². The van der Waals surface area contributed by atoms with E-state index in [0.717, 1.165) is 23.9 Å². The number of benzene rings is 2. The molecule has 0 aromatic heterocycles. The zero-order chi connectivity index (χ0) is 13.5. The maximum atomic E-state index is 12.4. The molecule has 2 nitrogen and oxygen atoms in total. The fourth-order valence-corrected chi connectivity index (χ4v) is 3.58. The Hall–Kier alpha value is -2.09. The van der Waals surface area contributed by atoms with Crippen molar-refractivity contribution in [3.8, 4) is 0 Å². The first kappa shape index (κ1) is 11.7. The quantitative estimate of drug-likeness (QED) is 0.815. The predicted molar refractivity (Wildman–Crippen MR) is 81.4 cm³/mol. The zero-order valence-corrected chi connectivity index (χ0v) is 11.3. The van der Waals surface area contributed by atoms with Gasteiger partial charge in [0.15, 0.2) is 0 Å². The molecule has 2 aromatic carbocycles. The molecule has 2 aliphatic carbocycles. The molecule has 3 atom stereocenters. The summed E-state index contributed by atoms with van der Waals surface area (Å²) in [5, 5.41) is 5.46. The first-order chi connectivity index (χ1) is 9.79. The smallest absolute Gasteiger partial charge is 0.228 e. The largest absolute Gasteiger partial charge is 0.326 e. The molecule has 20 heavy (non-hydrogen) atoms. The van der Waals surface area contributed by atoms with Crippen LogP contribution in [-0.2, 0) is 4.79 Å². The van der Waals surface area contributed by atoms with Crippen LogP contribution in [0.1, 0.15) is 12.8 Å². The Morgan fingerprint density at radius 3 is 2.60 bits per heavy atom. The number of carbonyl (C=O) groups is 1. The topological polar surface area (TPSA) is 29.1 Å². The minimum absolute atomic E-state index is 0.163. The third-order valence-corrected chi connectivity index (χ3v) is 4.63. The van der Waals surface area contributed by atoms with E-state index in [1.54, 1.807) is 0 Å². The van der Waals surface area contributed by atoms with Crippen LogP contribution in [0, 0.1) is 17.8 Å². The van der Waals surface area contributed by atoms with E-state index >= 15 is 0 Å². The van der Waals surface area contributed by atoms with E-state index < -0.39 is 0 Å². The Balaban J connectivity index is 1.55. The molecule has 0 unspecified atom stereocenters. The molecule has 0 aliphatic heterocycles. The monoisotopic (exact) mass is 263 g/mol. The number of nitrogens with one attached hydrogen (secondary N) is 1. The maximum Gasteiger partial charge on any atom is 0.228 e. The molecule has 1 fully saturated rings. The molecule has 2 aliphatic rings. The van der Waals surface area contributed by atoms with Crippen LogP contribution in [0.25, 0.3) is 10.8 Å². The van der Waals surface area contributed by atoms with Crippen LogP contribution in [0.4, 0.5) is 5.69 Å². The summed E-state index contributed by atoms with van der Waals surface area (Å²) in [6, 6.07) is 14.3. The van der Waals surface area contributed by atoms with Crippen LogP contribution >= 0.6 is 0 Å². The van der Waals surface area contributed by atoms with Gasteiger partial charge in [0.25, 0.3) is 0 Å². The highest BCUT2D eigenvalue weighted by Gasteiger charge is 2.39. The van der Waals surface area contributed by atoms with Crippen molar-refractivity contribution >= 4 is 22.4 Å². The second-order valence-corrected chi connectivity index (χ2v) is 5.94. The lowest BCUT2D eigenvalue weighted by atomic mass is 9.93. The van der Waals surface area contributed by atoms with Crippen LogP contribution in [0.15, 0.2) is 54.6 Å². The van der Waals surface area contributed by atoms with Gasteiger partial charge in [-0.2, -0.15) is 0 Å². The minimum atomic E-state index is 0.163. The lowest BCUT2D eigenvalue weighted by molar-refractivity contribution is -0.120. The Labute approximate surface area is 118 Å². The molecule has 2 heteroatoms. The molecule has 0 radical (unpaired) electrons. The van der Waals surface area contributed by atoms with Crippen molar-refractivity contribution in [3.63, 3.8) is 0 Å². The second-order valence-electron chi connectivity index (χ2n) is 5.94. The Bertz CT molecular complexity index is 703. The van der Waals surface area contributed by atoms with Crippen LogP contribution in [0.5, 0.6) is 0 Å². The molecule has 0 heterocycles. The summed E-state index contributed by atoms with van der Waals surface area (Å²) in [6.07, 6.45) is 6.67. The van der Waals surface area contributed by atoms with Gasteiger partial charge in [0.2, 0.25) is 5.91 Å². The molecule has 4 rings (SSSR count). The first-order valence-corrected chi connectivity index (χ1v) is 7.27. The standard InChI is InChI=1S/C18H17NO/c20-18(17-10-12-5-6-15(17)9-12)19-16-8-7-13-3-1-2-4-14(13)11-16/h1-8,11-12,15,17H,9-10H2,(H,19,20)/t12-,15-,17-/m0/s1. The number of allylic oxidation sites excluding steroid dienone is 2. The molecule has 100 valence electrons. The molecule has 1 amide bonds. The van der Waals surface area contributed by atoms with Crippen LogP contribution in [0.3, 0.4) is 0 Å². The maximum absolute atomic E-state index is 12.4. The van der Waals surface area contributed by atoms with Crippen molar-refractivity contribution in [1.29, 1.82) is 0 Å². The summed E-state index contributed by atoms with van der Waals surface area (Å²) in [5.74, 6) is 1.43. The molecule has 2 bridgehead atoms. The van der Waals surface area contributed by atoms with Gasteiger partial charge in [-0.3, -0.25) is 4.79 Å². The van der Waals surface area contributed by atoms with Crippen molar-refractivity contribution in [2.24, 2.45) is 17.8 Å². The number of fused-ring (bicyclic) bond motifs is 3. The van der Waals surface area contributed by atoms with Gasteiger partial charge in [0.1, 0.15) is 0 Å². The van der Waals surface area contributed by atoms with Crippen molar-refractivity contribution in [2.75, 3.05) is 5.32 Å². The average molecular weight is 263 g/mol. The third-order valence-electron chi connectivity index (χ3n) is 4.63. The number of anilines is 1. The summed E-state index contributed by atoms with van der Waals surface area (Å²) in [7, 11) is 0. The Morgan fingerprint density at radius 1 is 1.00 bits per heavy atom. The number of rotatable bonds is 2. The van der Waals surface area contributed by atoms with Crippen molar-refractivity contribution in [1.82, 2.24) is 0 Å². The SMILES string of the molecule is O=C(Nc1ccc2ccccc2c1)[C@H]1C[C@H]2C=C[C@H]1C2. The van der Waals surface area contributed by atoms with E-state index in [0.29, 0.717) is 11.8 Å². The van der Waals surface area contributed by atoms with Gasteiger partial charge >= 0.3 is 0 Å². The number of amides is 1.